The molecule has 0 aliphatic carbocycles. The lowest BCUT2D eigenvalue weighted by atomic mass is 9.85. The van der Waals surface area contributed by atoms with Crippen LogP contribution in [-0.2, 0) is 0 Å². The Hall–Kier alpha value is -6.35. The number of hydrogen-bond donors (Lipinski definition) is 0. The molecule has 236 valence electrons. The quantitative estimate of drug-likeness (QED) is 0.135. The number of aromatic nitrogens is 1. The fourth-order valence-electron chi connectivity index (χ4n) is 8.42. The summed E-state index contributed by atoms with van der Waals surface area (Å²) in [5.41, 5.74) is 8.15. The molecule has 51 heavy (non-hydrogen) atoms. The minimum Gasteiger partial charge on any atom is -0.247 e. The van der Waals surface area contributed by atoms with Gasteiger partial charge in [-0.3, -0.25) is 0 Å². The van der Waals surface area contributed by atoms with Crippen LogP contribution >= 0.6 is 11.3 Å². The van der Waals surface area contributed by atoms with Gasteiger partial charge in [0.2, 0.25) is 0 Å². The standard InChI is InChI=1S/C49H29NS/c1-2-14-31(15-3-1)48-41-28-25-30-13-4-5-16-33(30)46(41)40-27-26-32(29-43(40)50-48)45-35-18-6-8-20-37(35)47(38-21-9-7-19-36(38)45)42-23-12-22-39-34-17-10-11-24-44(34)51-49(39)42/h1-29H. The molecule has 0 aliphatic rings. The summed E-state index contributed by atoms with van der Waals surface area (Å²) in [5.74, 6) is 0. The molecule has 0 fully saturated rings. The van der Waals surface area contributed by atoms with Crippen LogP contribution in [-0.4, -0.2) is 4.98 Å². The first-order valence-electron chi connectivity index (χ1n) is 17.5. The van der Waals surface area contributed by atoms with Gasteiger partial charge in [-0.05, 0) is 61.1 Å². The summed E-state index contributed by atoms with van der Waals surface area (Å²) in [6.45, 7) is 0. The Kier molecular flexibility index (Phi) is 6.19. The Morgan fingerprint density at radius 1 is 0.373 bits per heavy atom. The van der Waals surface area contributed by atoms with E-state index in [1.165, 1.54) is 90.9 Å². The van der Waals surface area contributed by atoms with Gasteiger partial charge in [0.05, 0.1) is 11.2 Å². The average Bonchev–Trinajstić information content (AvgIpc) is 3.59. The third-order valence-electron chi connectivity index (χ3n) is 10.6. The summed E-state index contributed by atoms with van der Waals surface area (Å²) in [6, 6.07) is 64.3. The fraction of sp³-hybridized carbons (Fsp3) is 0. The van der Waals surface area contributed by atoms with Crippen molar-refractivity contribution in [3.8, 4) is 33.5 Å². The second-order valence-electron chi connectivity index (χ2n) is 13.4. The highest BCUT2D eigenvalue weighted by atomic mass is 32.1. The Morgan fingerprint density at radius 2 is 0.980 bits per heavy atom. The Morgan fingerprint density at radius 3 is 1.75 bits per heavy atom. The minimum atomic E-state index is 1.00. The monoisotopic (exact) mass is 663 g/mol. The summed E-state index contributed by atoms with van der Waals surface area (Å²) >= 11 is 1.89. The summed E-state index contributed by atoms with van der Waals surface area (Å²) in [5, 5.41) is 13.8. The zero-order valence-electron chi connectivity index (χ0n) is 27.6. The van der Waals surface area contributed by atoms with Crippen molar-refractivity contribution >= 4 is 85.5 Å². The third kappa shape index (κ3) is 4.24. The molecule has 0 spiro atoms. The van der Waals surface area contributed by atoms with Crippen molar-refractivity contribution in [1.29, 1.82) is 0 Å². The number of hydrogen-bond acceptors (Lipinski definition) is 2. The Balaban J connectivity index is 1.23. The van der Waals surface area contributed by atoms with Crippen LogP contribution in [0.1, 0.15) is 0 Å². The van der Waals surface area contributed by atoms with Crippen molar-refractivity contribution in [1.82, 2.24) is 4.98 Å². The average molecular weight is 664 g/mol. The molecule has 9 aromatic carbocycles. The van der Waals surface area contributed by atoms with Crippen LogP contribution in [0.25, 0.3) is 108 Å². The number of fused-ring (bicyclic) bond motifs is 10. The first-order valence-corrected chi connectivity index (χ1v) is 18.3. The van der Waals surface area contributed by atoms with Crippen LogP contribution in [0.3, 0.4) is 0 Å². The van der Waals surface area contributed by atoms with Gasteiger partial charge in [-0.1, -0.05) is 164 Å². The number of nitrogens with zero attached hydrogens (tertiary/aromatic N) is 1. The first-order chi connectivity index (χ1) is 25.3. The molecule has 2 heterocycles. The van der Waals surface area contributed by atoms with E-state index in [4.69, 9.17) is 4.98 Å². The van der Waals surface area contributed by atoms with Gasteiger partial charge in [0.15, 0.2) is 0 Å². The molecule has 0 bridgehead atoms. The van der Waals surface area contributed by atoms with Gasteiger partial charge in [-0.15, -0.1) is 11.3 Å². The van der Waals surface area contributed by atoms with Gasteiger partial charge in [-0.2, -0.15) is 0 Å². The molecule has 0 radical (unpaired) electrons. The first kappa shape index (κ1) is 28.5. The summed E-state index contributed by atoms with van der Waals surface area (Å²) < 4.78 is 2.66. The van der Waals surface area contributed by atoms with Crippen molar-refractivity contribution in [3.05, 3.63) is 176 Å². The Bertz CT molecular complexity index is 3130. The molecule has 0 N–H and O–H groups in total. The van der Waals surface area contributed by atoms with E-state index in [0.717, 1.165) is 16.8 Å². The molecule has 0 atom stereocenters. The molecule has 0 aliphatic heterocycles. The molecule has 0 saturated heterocycles. The van der Waals surface area contributed by atoms with E-state index in [2.05, 4.69) is 176 Å². The van der Waals surface area contributed by atoms with Gasteiger partial charge in [0.1, 0.15) is 0 Å². The van der Waals surface area contributed by atoms with E-state index in [1.807, 2.05) is 11.3 Å². The molecule has 2 aromatic heterocycles. The lowest BCUT2D eigenvalue weighted by Crippen LogP contribution is -1.93. The van der Waals surface area contributed by atoms with Crippen molar-refractivity contribution in [2.75, 3.05) is 0 Å². The zero-order valence-corrected chi connectivity index (χ0v) is 28.4. The van der Waals surface area contributed by atoms with Crippen LogP contribution < -0.4 is 0 Å². The van der Waals surface area contributed by atoms with E-state index >= 15 is 0 Å². The third-order valence-corrected chi connectivity index (χ3v) is 11.8. The van der Waals surface area contributed by atoms with E-state index in [9.17, 15) is 0 Å². The highest BCUT2D eigenvalue weighted by molar-refractivity contribution is 7.26. The summed E-state index contributed by atoms with van der Waals surface area (Å²) in [7, 11) is 0. The highest BCUT2D eigenvalue weighted by Crippen LogP contribution is 2.48. The largest absolute Gasteiger partial charge is 0.247 e. The Labute approximate surface area is 298 Å². The van der Waals surface area contributed by atoms with E-state index in [0.29, 0.717) is 0 Å². The van der Waals surface area contributed by atoms with Crippen LogP contribution in [0.5, 0.6) is 0 Å². The molecule has 0 unspecified atom stereocenters. The van der Waals surface area contributed by atoms with Gasteiger partial charge in [0, 0.05) is 47.5 Å². The topological polar surface area (TPSA) is 12.9 Å². The predicted octanol–water partition coefficient (Wildman–Crippen LogP) is 14.2. The van der Waals surface area contributed by atoms with Gasteiger partial charge < -0.3 is 0 Å². The lowest BCUT2D eigenvalue weighted by molar-refractivity contribution is 1.43. The SMILES string of the molecule is c1ccc(-c2nc3cc(-c4c5ccccc5c(-c5cccc6c5sc5ccccc56)c5ccccc45)ccc3c3c2ccc2ccccc23)cc1. The van der Waals surface area contributed by atoms with Gasteiger partial charge in [-0.25, -0.2) is 4.98 Å². The smallest absolute Gasteiger partial charge is 0.0788 e. The second kappa shape index (κ2) is 11.1. The molecular formula is C49H29NS. The molecular weight excluding hydrogens is 635 g/mol. The molecule has 0 saturated carbocycles. The van der Waals surface area contributed by atoms with Crippen LogP contribution in [0.15, 0.2) is 176 Å². The molecule has 0 amide bonds. The van der Waals surface area contributed by atoms with Crippen LogP contribution in [0.4, 0.5) is 0 Å². The predicted molar refractivity (Wildman–Crippen MR) is 221 cm³/mol. The molecule has 2 heteroatoms. The maximum Gasteiger partial charge on any atom is 0.0788 e. The van der Waals surface area contributed by atoms with Crippen molar-refractivity contribution < 1.29 is 0 Å². The fourth-order valence-corrected chi connectivity index (χ4v) is 9.64. The highest BCUT2D eigenvalue weighted by Gasteiger charge is 2.20. The second-order valence-corrected chi connectivity index (χ2v) is 14.4. The van der Waals surface area contributed by atoms with E-state index in [1.54, 1.807) is 0 Å². The minimum absolute atomic E-state index is 1.00. The number of pyridine rings is 1. The number of rotatable bonds is 3. The number of thiophene rings is 1. The summed E-state index contributed by atoms with van der Waals surface area (Å²) in [6.07, 6.45) is 0. The van der Waals surface area contributed by atoms with Gasteiger partial charge in [0.25, 0.3) is 0 Å². The van der Waals surface area contributed by atoms with Gasteiger partial charge >= 0.3 is 0 Å². The lowest BCUT2D eigenvalue weighted by Gasteiger charge is -2.19. The van der Waals surface area contributed by atoms with E-state index in [-0.39, 0.29) is 0 Å². The van der Waals surface area contributed by atoms with Crippen LogP contribution in [0.2, 0.25) is 0 Å². The van der Waals surface area contributed by atoms with Crippen molar-refractivity contribution in [3.63, 3.8) is 0 Å². The number of benzene rings is 9. The summed E-state index contributed by atoms with van der Waals surface area (Å²) in [4.78, 5) is 5.45. The van der Waals surface area contributed by atoms with Crippen LogP contribution in [0, 0.1) is 0 Å². The van der Waals surface area contributed by atoms with Crippen molar-refractivity contribution in [2.45, 2.75) is 0 Å². The molecule has 11 aromatic rings. The van der Waals surface area contributed by atoms with Crippen molar-refractivity contribution in [2.24, 2.45) is 0 Å². The van der Waals surface area contributed by atoms with E-state index < -0.39 is 0 Å². The maximum atomic E-state index is 5.45. The zero-order chi connectivity index (χ0) is 33.5. The normalized spacial score (nSPS) is 11.9. The maximum absolute atomic E-state index is 5.45. The molecule has 11 rings (SSSR count). The molecule has 1 nitrogen and oxygen atoms in total.